The molecule has 3 aromatic carbocycles. The fraction of sp³-hybridized carbons (Fsp3) is 0.0714. The Balaban J connectivity index is 1.71. The molecule has 0 aliphatic heterocycles. The number of ketones is 2. The Kier molecular flexibility index (Phi) is 3.87. The highest BCUT2D eigenvalue weighted by molar-refractivity contribution is 6.40. The van der Waals surface area contributed by atoms with Crippen molar-refractivity contribution in [1.29, 1.82) is 0 Å². The molecule has 154 valence electrons. The first-order valence-electron chi connectivity index (χ1n) is 10.6. The van der Waals surface area contributed by atoms with E-state index >= 15 is 0 Å². The van der Waals surface area contributed by atoms with E-state index in [2.05, 4.69) is 33.4 Å². The highest BCUT2D eigenvalue weighted by Gasteiger charge is 2.31. The first kappa shape index (κ1) is 18.6. The van der Waals surface area contributed by atoms with Crippen LogP contribution < -0.4 is 0 Å². The number of carbonyl (C=O) groups excluding carboxylic acids is 2. The Morgan fingerprint density at radius 3 is 2.12 bits per heavy atom. The number of aromatic nitrogens is 2. The number of hydrogen-bond donors (Lipinski definition) is 0. The molecule has 0 unspecified atom stereocenters. The molecule has 5 aromatic rings. The molecule has 1 aliphatic carbocycles. The van der Waals surface area contributed by atoms with Crippen molar-refractivity contribution in [2.24, 2.45) is 14.1 Å². The van der Waals surface area contributed by atoms with Crippen molar-refractivity contribution in [3.63, 3.8) is 0 Å². The Labute approximate surface area is 185 Å². The van der Waals surface area contributed by atoms with Gasteiger partial charge in [0.1, 0.15) is 0 Å². The molecule has 4 heteroatoms. The quantitative estimate of drug-likeness (QED) is 0.365. The zero-order chi connectivity index (χ0) is 22.0. The number of rotatable bonds is 2. The van der Waals surface area contributed by atoms with Crippen molar-refractivity contribution in [3.8, 4) is 11.4 Å². The first-order chi connectivity index (χ1) is 15.6. The van der Waals surface area contributed by atoms with Crippen molar-refractivity contribution in [2.75, 3.05) is 0 Å². The topological polar surface area (TPSA) is 44.0 Å². The second-order valence-corrected chi connectivity index (χ2v) is 8.24. The molecule has 0 atom stereocenters. The first-order valence-corrected chi connectivity index (χ1v) is 10.6. The number of carbonyl (C=O) groups is 2. The molecule has 0 amide bonds. The molecule has 2 aromatic heterocycles. The molecular weight excluding hydrogens is 396 g/mol. The molecule has 0 bridgehead atoms. The Bertz CT molecular complexity index is 1630. The Morgan fingerprint density at radius 1 is 0.688 bits per heavy atom. The van der Waals surface area contributed by atoms with Gasteiger partial charge in [0.15, 0.2) is 11.6 Å². The zero-order valence-corrected chi connectivity index (χ0v) is 17.8. The molecule has 0 fully saturated rings. The van der Waals surface area contributed by atoms with Gasteiger partial charge in [-0.2, -0.15) is 0 Å². The number of allylic oxidation sites excluding steroid dienone is 2. The fourth-order valence-corrected chi connectivity index (χ4v) is 4.98. The standard InChI is InChI=1S/C28H20N2O2/c1-29-22-13-7-3-9-17(22)15-24(29)27-26(20-12-6-8-14-23(20)30(27)2)21-16-25(31)18-10-4-5-11-19(18)28(21)32/h3-16H,1-2H3. The van der Waals surface area contributed by atoms with Crippen LogP contribution in [0.4, 0.5) is 0 Å². The van der Waals surface area contributed by atoms with Crippen LogP contribution >= 0.6 is 0 Å². The van der Waals surface area contributed by atoms with E-state index in [-0.39, 0.29) is 11.6 Å². The van der Waals surface area contributed by atoms with Crippen molar-refractivity contribution in [1.82, 2.24) is 9.13 Å². The van der Waals surface area contributed by atoms with Gasteiger partial charge in [0.05, 0.1) is 11.4 Å². The summed E-state index contributed by atoms with van der Waals surface area (Å²) in [5, 5.41) is 2.09. The molecule has 0 N–H and O–H groups in total. The van der Waals surface area contributed by atoms with Gasteiger partial charge in [-0.25, -0.2) is 0 Å². The van der Waals surface area contributed by atoms with Gasteiger partial charge in [0.2, 0.25) is 0 Å². The molecule has 0 saturated heterocycles. The van der Waals surface area contributed by atoms with Gasteiger partial charge >= 0.3 is 0 Å². The fourth-order valence-electron chi connectivity index (χ4n) is 4.98. The van der Waals surface area contributed by atoms with Crippen LogP contribution in [0, 0.1) is 0 Å². The molecule has 32 heavy (non-hydrogen) atoms. The van der Waals surface area contributed by atoms with Gasteiger partial charge in [0.25, 0.3) is 0 Å². The Hall–Kier alpha value is -4.18. The summed E-state index contributed by atoms with van der Waals surface area (Å²) in [7, 11) is 4.05. The van der Waals surface area contributed by atoms with E-state index in [0.29, 0.717) is 16.7 Å². The summed E-state index contributed by atoms with van der Waals surface area (Å²) in [5.41, 5.74) is 6.25. The van der Waals surface area contributed by atoms with Crippen LogP contribution in [0.2, 0.25) is 0 Å². The smallest absolute Gasteiger partial charge is 0.194 e. The zero-order valence-electron chi connectivity index (χ0n) is 17.8. The normalized spacial score (nSPS) is 13.6. The number of Topliss-reactive ketones (excluding diaryl/α,β-unsaturated/α-hetero) is 1. The third kappa shape index (κ3) is 2.44. The monoisotopic (exact) mass is 416 g/mol. The van der Waals surface area contributed by atoms with E-state index in [1.807, 2.05) is 44.4 Å². The van der Waals surface area contributed by atoms with E-state index in [0.717, 1.165) is 38.8 Å². The lowest BCUT2D eigenvalue weighted by molar-refractivity contribution is 0.100. The number of para-hydroxylation sites is 2. The average Bonchev–Trinajstić information content (AvgIpc) is 3.30. The Morgan fingerprint density at radius 2 is 1.34 bits per heavy atom. The van der Waals surface area contributed by atoms with Crippen LogP contribution in [0.3, 0.4) is 0 Å². The second-order valence-electron chi connectivity index (χ2n) is 8.24. The number of hydrogen-bond acceptors (Lipinski definition) is 2. The van der Waals surface area contributed by atoms with Crippen molar-refractivity contribution >= 4 is 38.9 Å². The van der Waals surface area contributed by atoms with E-state index in [4.69, 9.17) is 0 Å². The summed E-state index contributed by atoms with van der Waals surface area (Å²) >= 11 is 0. The summed E-state index contributed by atoms with van der Waals surface area (Å²) in [5.74, 6) is -0.248. The number of aryl methyl sites for hydroxylation is 2. The second kappa shape index (κ2) is 6.66. The summed E-state index contributed by atoms with van der Waals surface area (Å²) in [6.07, 6.45) is 1.51. The average molecular weight is 416 g/mol. The number of benzene rings is 3. The predicted molar refractivity (Wildman–Crippen MR) is 128 cm³/mol. The molecule has 2 heterocycles. The summed E-state index contributed by atoms with van der Waals surface area (Å²) in [6, 6.07) is 25.5. The number of nitrogens with zero attached hydrogens (tertiary/aromatic N) is 2. The van der Waals surface area contributed by atoms with E-state index in [9.17, 15) is 9.59 Å². The third-order valence-electron chi connectivity index (χ3n) is 6.53. The summed E-state index contributed by atoms with van der Waals surface area (Å²) in [6.45, 7) is 0. The third-order valence-corrected chi connectivity index (χ3v) is 6.53. The van der Waals surface area contributed by atoms with Crippen LogP contribution in [0.15, 0.2) is 84.9 Å². The molecular formula is C28H20N2O2. The van der Waals surface area contributed by atoms with Gasteiger partial charge in [-0.15, -0.1) is 0 Å². The van der Waals surface area contributed by atoms with Crippen molar-refractivity contribution in [2.45, 2.75) is 0 Å². The minimum absolute atomic E-state index is 0.114. The van der Waals surface area contributed by atoms with Crippen molar-refractivity contribution in [3.05, 3.63) is 102 Å². The minimum atomic E-state index is -0.133. The molecule has 0 spiro atoms. The van der Waals surface area contributed by atoms with E-state index < -0.39 is 0 Å². The molecule has 0 radical (unpaired) electrons. The summed E-state index contributed by atoms with van der Waals surface area (Å²) < 4.78 is 4.27. The highest BCUT2D eigenvalue weighted by atomic mass is 16.1. The highest BCUT2D eigenvalue weighted by Crippen LogP contribution is 2.41. The molecule has 6 rings (SSSR count). The van der Waals surface area contributed by atoms with E-state index in [1.54, 1.807) is 24.3 Å². The van der Waals surface area contributed by atoms with E-state index in [1.165, 1.54) is 6.08 Å². The van der Waals surface area contributed by atoms with Crippen LogP contribution in [0.1, 0.15) is 26.3 Å². The molecule has 4 nitrogen and oxygen atoms in total. The maximum absolute atomic E-state index is 13.6. The van der Waals surface area contributed by atoms with Crippen LogP contribution in [-0.4, -0.2) is 20.7 Å². The lowest BCUT2D eigenvalue weighted by Crippen LogP contribution is -2.16. The van der Waals surface area contributed by atoms with Gasteiger partial charge in [-0.05, 0) is 24.3 Å². The SMILES string of the molecule is Cn1c(-c2c(C3=CC(=O)c4ccccc4C3=O)c3ccccc3n2C)cc2ccccc21. The molecule has 0 saturated carbocycles. The van der Waals surface area contributed by atoms with Crippen LogP contribution in [0.5, 0.6) is 0 Å². The minimum Gasteiger partial charge on any atom is -0.342 e. The van der Waals surface area contributed by atoms with Crippen LogP contribution in [0.25, 0.3) is 38.8 Å². The lowest BCUT2D eigenvalue weighted by atomic mass is 9.85. The van der Waals surface area contributed by atoms with Gasteiger partial charge in [-0.3, -0.25) is 9.59 Å². The lowest BCUT2D eigenvalue weighted by Gasteiger charge is -2.17. The maximum Gasteiger partial charge on any atom is 0.194 e. The summed E-state index contributed by atoms with van der Waals surface area (Å²) in [4.78, 5) is 26.6. The van der Waals surface area contributed by atoms with Crippen molar-refractivity contribution < 1.29 is 9.59 Å². The maximum atomic E-state index is 13.6. The largest absolute Gasteiger partial charge is 0.342 e. The predicted octanol–water partition coefficient (Wildman–Crippen LogP) is 5.80. The van der Waals surface area contributed by atoms with Gasteiger partial charge in [0, 0.05) is 58.2 Å². The van der Waals surface area contributed by atoms with Gasteiger partial charge in [-0.1, -0.05) is 60.7 Å². The number of fused-ring (bicyclic) bond motifs is 3. The molecule has 1 aliphatic rings. The van der Waals surface area contributed by atoms with Crippen LogP contribution in [-0.2, 0) is 14.1 Å². The van der Waals surface area contributed by atoms with Gasteiger partial charge < -0.3 is 9.13 Å².